The molecular weight excluding hydrogens is 116 g/mol. The van der Waals surface area contributed by atoms with Crippen molar-refractivity contribution in [1.82, 2.24) is 6.15 Å². The van der Waals surface area contributed by atoms with Crippen LogP contribution in [-0.4, -0.2) is 16.8 Å². The zero-order valence-corrected chi connectivity index (χ0v) is 4.83. The van der Waals surface area contributed by atoms with Crippen LogP contribution < -0.4 is 6.15 Å². The molecule has 0 aliphatic heterocycles. The molecule has 0 fully saturated rings. The molecule has 0 aromatic heterocycles. The maximum atomic E-state index is 8.25. The fraction of sp³-hybridized carbons (Fsp3) is 1.00. The summed E-state index contributed by atoms with van der Waals surface area (Å²) < 4.78 is 0. The number of hydrogen-bond acceptors (Lipinski definition) is 4. The summed E-state index contributed by atoms with van der Waals surface area (Å²) in [6.45, 7) is 1.93. The lowest BCUT2D eigenvalue weighted by Crippen LogP contribution is -1.74. The van der Waals surface area contributed by atoms with Gasteiger partial charge in [0.2, 0.25) is 0 Å². The van der Waals surface area contributed by atoms with Crippen molar-refractivity contribution in [3.63, 3.8) is 0 Å². The van der Waals surface area contributed by atoms with Crippen molar-refractivity contribution in [2.45, 2.75) is 6.92 Å². The molecule has 0 heterocycles. The average Bonchev–Trinajstić information content (AvgIpc) is 1.33. The van der Waals surface area contributed by atoms with E-state index in [4.69, 9.17) is 20.4 Å². The average molecular weight is 126 g/mol. The Morgan fingerprint density at radius 2 is 1.62 bits per heavy atom. The van der Waals surface area contributed by atoms with Gasteiger partial charge in [-0.1, -0.05) is 0 Å². The summed E-state index contributed by atoms with van der Waals surface area (Å²) in [5, 5.41) is 22.3. The van der Waals surface area contributed by atoms with Gasteiger partial charge in [-0.15, -0.1) is 0 Å². The van der Waals surface area contributed by atoms with Crippen molar-refractivity contribution in [1.29, 1.82) is 0 Å². The van der Waals surface area contributed by atoms with Gasteiger partial charge in [0.15, 0.2) is 0 Å². The first kappa shape index (κ1) is 15.7. The van der Waals surface area contributed by atoms with Crippen LogP contribution in [-0.2, 0) is 0 Å². The minimum atomic E-state index is -1.75. The van der Waals surface area contributed by atoms with Crippen molar-refractivity contribution >= 4 is 0 Å². The molecule has 0 aromatic rings. The minimum absolute atomic E-state index is 0. The molecule has 8 heavy (non-hydrogen) atoms. The van der Waals surface area contributed by atoms with Crippen LogP contribution in [0.15, 0.2) is 0 Å². The van der Waals surface area contributed by atoms with E-state index in [1.807, 2.05) is 0 Å². The molecule has 5 N–H and O–H groups in total. The van der Waals surface area contributed by atoms with Gasteiger partial charge in [0.05, 0.1) is 5.09 Å². The van der Waals surface area contributed by atoms with Gasteiger partial charge in [-0.25, -0.2) is 0 Å². The highest BCUT2D eigenvalue weighted by atomic mass is 16.9. The molecule has 0 atom stereocenters. The number of hydrogen-bond donors (Lipinski definition) is 2. The second-order valence-electron chi connectivity index (χ2n) is 0.540. The van der Waals surface area contributed by atoms with E-state index >= 15 is 0 Å². The Morgan fingerprint density at radius 1 is 1.62 bits per heavy atom. The quantitative estimate of drug-likeness (QED) is 0.353. The van der Waals surface area contributed by atoms with Crippen LogP contribution in [0.1, 0.15) is 6.92 Å². The van der Waals surface area contributed by atoms with Crippen LogP contribution in [0, 0.1) is 15.3 Å². The molecule has 6 heteroatoms. The van der Waals surface area contributed by atoms with Gasteiger partial charge in [-0.3, -0.25) is 0 Å². The molecule has 0 saturated carbocycles. The van der Waals surface area contributed by atoms with Gasteiger partial charge < -0.3 is 26.6 Å². The predicted molar refractivity (Wildman–Crippen MR) is 29.1 cm³/mol. The van der Waals surface area contributed by atoms with Crippen molar-refractivity contribution in [3.05, 3.63) is 15.3 Å². The van der Waals surface area contributed by atoms with Gasteiger partial charge in [-0.05, 0) is 6.92 Å². The largest absolute Gasteiger partial charge is 0.397 e. The molecule has 52 valence electrons. The number of quaternary nitrogens is 1. The molecule has 0 bridgehead atoms. The third-order valence-corrected chi connectivity index (χ3v) is 0. The van der Waals surface area contributed by atoms with Crippen molar-refractivity contribution < 1.29 is 10.2 Å². The lowest BCUT2D eigenvalue weighted by molar-refractivity contribution is -0.402. The summed E-state index contributed by atoms with van der Waals surface area (Å²) in [5.74, 6) is 0. The van der Waals surface area contributed by atoms with Gasteiger partial charge in [-0.2, -0.15) is 0 Å². The second-order valence-corrected chi connectivity index (χ2v) is 0.540. The van der Waals surface area contributed by atoms with E-state index in [1.54, 1.807) is 6.92 Å². The Bertz CT molecular complexity index is 43.3. The first-order valence-corrected chi connectivity index (χ1v) is 1.57. The van der Waals surface area contributed by atoms with Gasteiger partial charge >= 0.3 is 0 Å². The Hall–Kier alpha value is -0.880. The Balaban J connectivity index is -0.0000000575. The highest BCUT2D eigenvalue weighted by Gasteiger charge is 1.45. The van der Waals surface area contributed by atoms with Gasteiger partial charge in [0.1, 0.15) is 0 Å². The van der Waals surface area contributed by atoms with E-state index in [2.05, 4.69) is 0 Å². The molecule has 0 unspecified atom stereocenters. The number of rotatable bonds is 0. The molecule has 0 rings (SSSR count). The number of aliphatic hydroxyl groups excluding tert-OH is 1. The molecular formula is C2H10N2O4. The first-order valence-electron chi connectivity index (χ1n) is 1.57. The van der Waals surface area contributed by atoms with E-state index in [-0.39, 0.29) is 12.8 Å². The normalized spacial score (nSPS) is 5.25. The zero-order chi connectivity index (χ0) is 6.28. The maximum Gasteiger partial charge on any atom is 0.0689 e. The van der Waals surface area contributed by atoms with Crippen LogP contribution >= 0.6 is 0 Å². The lowest BCUT2D eigenvalue weighted by atomic mass is 10.9. The zero-order valence-electron chi connectivity index (χ0n) is 4.83. The molecule has 0 saturated heterocycles. The highest BCUT2D eigenvalue weighted by Crippen LogP contribution is 1.44. The summed E-state index contributed by atoms with van der Waals surface area (Å²) in [5.41, 5.74) is 0. The predicted octanol–water partition coefficient (Wildman–Crippen LogP) is 0.136. The molecule has 6 nitrogen and oxygen atoms in total. The Morgan fingerprint density at radius 3 is 1.62 bits per heavy atom. The van der Waals surface area contributed by atoms with E-state index in [0.29, 0.717) is 0 Å². The maximum absolute atomic E-state index is 8.25. The summed E-state index contributed by atoms with van der Waals surface area (Å²) in [6, 6.07) is 0. The summed E-state index contributed by atoms with van der Waals surface area (Å²) in [4.78, 5) is 8.25. The van der Waals surface area contributed by atoms with E-state index < -0.39 is 5.09 Å². The fourth-order valence-electron chi connectivity index (χ4n) is 0. The summed E-state index contributed by atoms with van der Waals surface area (Å²) in [7, 11) is 0. The van der Waals surface area contributed by atoms with Gasteiger partial charge in [0.25, 0.3) is 0 Å². The number of nitrogens with zero attached hydrogens (tertiary/aromatic N) is 1. The summed E-state index contributed by atoms with van der Waals surface area (Å²) in [6.07, 6.45) is 0. The standard InChI is InChI=1S/C2H6O.NO3.H3N/c1-2-3;2-1(3)4;/h3H,2H2,1H3;;1H3/q;-1;/p+1. The van der Waals surface area contributed by atoms with Crippen molar-refractivity contribution in [2.75, 3.05) is 6.61 Å². The topological polar surface area (TPSA) is 123 Å². The van der Waals surface area contributed by atoms with Gasteiger partial charge in [0, 0.05) is 6.61 Å². The highest BCUT2D eigenvalue weighted by molar-refractivity contribution is 4.03. The molecule has 0 aromatic carbocycles. The molecule has 0 radical (unpaired) electrons. The van der Waals surface area contributed by atoms with Crippen LogP contribution in [0.4, 0.5) is 0 Å². The monoisotopic (exact) mass is 126 g/mol. The van der Waals surface area contributed by atoms with Crippen LogP contribution in [0.25, 0.3) is 0 Å². The Kier molecular flexibility index (Phi) is 32.4. The van der Waals surface area contributed by atoms with E-state index in [0.717, 1.165) is 0 Å². The van der Waals surface area contributed by atoms with E-state index in [9.17, 15) is 0 Å². The smallest absolute Gasteiger partial charge is 0.0689 e. The molecule has 0 aliphatic carbocycles. The van der Waals surface area contributed by atoms with Crippen LogP contribution in [0.5, 0.6) is 0 Å². The van der Waals surface area contributed by atoms with Crippen LogP contribution in [0.2, 0.25) is 0 Å². The first-order chi connectivity index (χ1) is 3.15. The molecule has 0 aliphatic rings. The third-order valence-electron chi connectivity index (χ3n) is 0. The van der Waals surface area contributed by atoms with E-state index in [1.165, 1.54) is 0 Å². The number of aliphatic hydroxyl groups is 1. The van der Waals surface area contributed by atoms with Crippen molar-refractivity contribution in [2.24, 2.45) is 0 Å². The van der Waals surface area contributed by atoms with Crippen molar-refractivity contribution in [3.8, 4) is 0 Å². The molecule has 0 amide bonds. The Labute approximate surface area is 46.4 Å². The fourth-order valence-corrected chi connectivity index (χ4v) is 0. The SMILES string of the molecule is CCO.O=[N+]([O-])[O-].[NH4+]. The minimum Gasteiger partial charge on any atom is -0.397 e. The second kappa shape index (κ2) is 16.5. The third kappa shape index (κ3) is 112. The lowest BCUT2D eigenvalue weighted by Gasteiger charge is -1.74. The summed E-state index contributed by atoms with van der Waals surface area (Å²) >= 11 is 0. The molecule has 0 spiro atoms. The van der Waals surface area contributed by atoms with Crippen LogP contribution in [0.3, 0.4) is 0 Å².